The van der Waals surface area contributed by atoms with Crippen molar-refractivity contribution in [3.63, 3.8) is 0 Å². The van der Waals surface area contributed by atoms with Crippen molar-refractivity contribution in [3.8, 4) is 0 Å². The Morgan fingerprint density at radius 3 is 2.55 bits per heavy atom. The lowest BCUT2D eigenvalue weighted by Gasteiger charge is -2.28. The van der Waals surface area contributed by atoms with Gasteiger partial charge in [-0.2, -0.15) is 0 Å². The highest BCUT2D eigenvalue weighted by atomic mass is 16.5. The lowest BCUT2D eigenvalue weighted by atomic mass is 9.83. The number of amides is 1. The first kappa shape index (κ1) is 14.1. The van der Waals surface area contributed by atoms with E-state index in [1.54, 1.807) is 30.4 Å². The number of hydrogen-bond donors (Lipinski definition) is 1. The van der Waals surface area contributed by atoms with Gasteiger partial charge < -0.3 is 10.1 Å². The molecule has 104 valence electrons. The monoisotopic (exact) mass is 271 g/mol. The van der Waals surface area contributed by atoms with Crippen molar-refractivity contribution in [3.05, 3.63) is 60.2 Å². The zero-order valence-corrected chi connectivity index (χ0v) is 11.4. The van der Waals surface area contributed by atoms with Gasteiger partial charge in [0.2, 0.25) is 0 Å². The van der Waals surface area contributed by atoms with Gasteiger partial charge in [-0.15, -0.1) is 13.2 Å². The second-order valence-corrected chi connectivity index (χ2v) is 4.77. The molecule has 1 aliphatic heterocycles. The Balaban J connectivity index is 2.58. The summed E-state index contributed by atoms with van der Waals surface area (Å²) in [6.07, 6.45) is 4.65. The molecule has 0 radical (unpaired) electrons. The smallest absolute Gasteiger partial charge is 0.337 e. The maximum atomic E-state index is 12.1. The Kier molecular flexibility index (Phi) is 3.74. The second kappa shape index (κ2) is 5.33. The lowest BCUT2D eigenvalue weighted by molar-refractivity contribution is 0.0600. The number of carbonyl (C=O) groups excluding carboxylic acids is 2. The van der Waals surface area contributed by atoms with E-state index in [9.17, 15) is 9.59 Å². The largest absolute Gasteiger partial charge is 0.465 e. The first-order chi connectivity index (χ1) is 9.57. The fourth-order valence-corrected chi connectivity index (χ4v) is 2.63. The minimum Gasteiger partial charge on any atom is -0.465 e. The molecule has 0 bridgehead atoms. The Bertz CT molecular complexity index is 579. The van der Waals surface area contributed by atoms with Crippen LogP contribution in [0, 0.1) is 0 Å². The topological polar surface area (TPSA) is 55.4 Å². The van der Waals surface area contributed by atoms with E-state index in [2.05, 4.69) is 18.5 Å². The molecule has 0 aliphatic carbocycles. The van der Waals surface area contributed by atoms with Crippen molar-refractivity contribution in [2.24, 2.45) is 0 Å². The van der Waals surface area contributed by atoms with Crippen LogP contribution in [-0.2, 0) is 10.3 Å². The molecule has 20 heavy (non-hydrogen) atoms. The molecular formula is C16H17NO3. The van der Waals surface area contributed by atoms with Crippen molar-refractivity contribution >= 4 is 11.9 Å². The summed E-state index contributed by atoms with van der Waals surface area (Å²) in [5.74, 6) is -0.557. The summed E-state index contributed by atoms with van der Waals surface area (Å²) < 4.78 is 4.73. The van der Waals surface area contributed by atoms with Gasteiger partial charge in [0.1, 0.15) is 0 Å². The molecule has 0 aromatic heterocycles. The van der Waals surface area contributed by atoms with Gasteiger partial charge in [-0.1, -0.05) is 12.2 Å². The maximum absolute atomic E-state index is 12.1. The lowest BCUT2D eigenvalue weighted by Crippen LogP contribution is -2.38. The second-order valence-electron chi connectivity index (χ2n) is 4.77. The predicted octanol–water partition coefficient (Wildman–Crippen LogP) is 2.56. The molecule has 0 fully saturated rings. The van der Waals surface area contributed by atoms with Gasteiger partial charge in [-0.25, -0.2) is 4.79 Å². The predicted molar refractivity (Wildman–Crippen MR) is 76.6 cm³/mol. The molecule has 0 saturated heterocycles. The van der Waals surface area contributed by atoms with Crippen LogP contribution in [0.25, 0.3) is 0 Å². The molecule has 1 amide bonds. The number of nitrogens with one attached hydrogen (secondary N) is 1. The van der Waals surface area contributed by atoms with Crippen LogP contribution < -0.4 is 5.32 Å². The number of fused-ring (bicyclic) bond motifs is 1. The van der Waals surface area contributed by atoms with Crippen LogP contribution in [0.5, 0.6) is 0 Å². The Labute approximate surface area is 118 Å². The standard InChI is InChI=1S/C16H17NO3/c1-4-8-16(9-5-2)13-10-11(15(19)20-3)6-7-12(13)14(18)17-16/h4-7,10H,1-2,8-9H2,3H3,(H,17,18). The Morgan fingerprint density at radius 1 is 1.35 bits per heavy atom. The molecule has 0 unspecified atom stereocenters. The van der Waals surface area contributed by atoms with Crippen molar-refractivity contribution in [1.29, 1.82) is 0 Å². The molecule has 1 aromatic carbocycles. The first-order valence-corrected chi connectivity index (χ1v) is 6.35. The third-order valence-electron chi connectivity index (χ3n) is 3.54. The van der Waals surface area contributed by atoms with E-state index in [0.29, 0.717) is 24.0 Å². The molecule has 4 nitrogen and oxygen atoms in total. The number of benzene rings is 1. The average molecular weight is 271 g/mol. The number of methoxy groups -OCH3 is 1. The fourth-order valence-electron chi connectivity index (χ4n) is 2.63. The van der Waals surface area contributed by atoms with Crippen LogP contribution in [0.4, 0.5) is 0 Å². The highest BCUT2D eigenvalue weighted by Crippen LogP contribution is 2.38. The van der Waals surface area contributed by atoms with Crippen LogP contribution in [-0.4, -0.2) is 19.0 Å². The van der Waals surface area contributed by atoms with E-state index in [1.807, 2.05) is 0 Å². The van der Waals surface area contributed by atoms with Gasteiger partial charge in [0, 0.05) is 5.56 Å². The average Bonchev–Trinajstić information content (AvgIpc) is 2.71. The minimum absolute atomic E-state index is 0.139. The zero-order valence-electron chi connectivity index (χ0n) is 11.4. The SMILES string of the molecule is C=CCC1(CC=C)NC(=O)c2ccc(C(=O)OC)cc21. The minimum atomic E-state index is -0.569. The summed E-state index contributed by atoms with van der Waals surface area (Å²) in [6, 6.07) is 4.97. The van der Waals surface area contributed by atoms with Crippen molar-refractivity contribution in [1.82, 2.24) is 5.32 Å². The molecule has 0 atom stereocenters. The molecule has 1 aromatic rings. The van der Waals surface area contributed by atoms with Crippen LogP contribution in [0.1, 0.15) is 39.1 Å². The molecule has 1 heterocycles. The zero-order chi connectivity index (χ0) is 14.8. The maximum Gasteiger partial charge on any atom is 0.337 e. The summed E-state index contributed by atoms with van der Waals surface area (Å²) in [4.78, 5) is 23.7. The quantitative estimate of drug-likeness (QED) is 0.661. The van der Waals surface area contributed by atoms with E-state index in [1.165, 1.54) is 7.11 Å². The van der Waals surface area contributed by atoms with Gasteiger partial charge in [-0.3, -0.25) is 4.79 Å². The molecule has 0 saturated carbocycles. The van der Waals surface area contributed by atoms with Crippen molar-refractivity contribution in [2.45, 2.75) is 18.4 Å². The molecule has 2 rings (SSSR count). The van der Waals surface area contributed by atoms with Crippen LogP contribution in [0.15, 0.2) is 43.5 Å². The third-order valence-corrected chi connectivity index (χ3v) is 3.54. The molecule has 0 spiro atoms. The number of ether oxygens (including phenoxy) is 1. The first-order valence-electron chi connectivity index (χ1n) is 6.35. The highest BCUT2D eigenvalue weighted by Gasteiger charge is 2.41. The number of esters is 1. The summed E-state index contributed by atoms with van der Waals surface area (Å²) >= 11 is 0. The number of carbonyl (C=O) groups is 2. The van der Waals surface area contributed by atoms with Crippen LogP contribution in [0.3, 0.4) is 0 Å². The Hall–Kier alpha value is -2.36. The molecule has 1 aliphatic rings. The highest BCUT2D eigenvalue weighted by molar-refractivity contribution is 6.01. The van der Waals surface area contributed by atoms with Gasteiger partial charge in [0.05, 0.1) is 18.2 Å². The molecule has 1 N–H and O–H groups in total. The number of hydrogen-bond acceptors (Lipinski definition) is 3. The summed E-state index contributed by atoms with van der Waals surface area (Å²) in [5.41, 5.74) is 1.24. The third kappa shape index (κ3) is 2.13. The summed E-state index contributed by atoms with van der Waals surface area (Å²) in [7, 11) is 1.33. The van der Waals surface area contributed by atoms with E-state index in [4.69, 9.17) is 4.74 Å². The summed E-state index contributed by atoms with van der Waals surface area (Å²) in [6.45, 7) is 7.49. The van der Waals surface area contributed by atoms with E-state index in [0.717, 1.165) is 5.56 Å². The fraction of sp³-hybridized carbons (Fsp3) is 0.250. The number of rotatable bonds is 5. The van der Waals surface area contributed by atoms with Crippen molar-refractivity contribution in [2.75, 3.05) is 7.11 Å². The van der Waals surface area contributed by atoms with Gasteiger partial charge in [0.25, 0.3) is 5.91 Å². The normalized spacial score (nSPS) is 15.2. The van der Waals surface area contributed by atoms with Crippen molar-refractivity contribution < 1.29 is 14.3 Å². The van der Waals surface area contributed by atoms with E-state index >= 15 is 0 Å². The van der Waals surface area contributed by atoms with Gasteiger partial charge >= 0.3 is 5.97 Å². The van der Waals surface area contributed by atoms with E-state index in [-0.39, 0.29) is 5.91 Å². The van der Waals surface area contributed by atoms with Crippen LogP contribution in [0.2, 0.25) is 0 Å². The van der Waals surface area contributed by atoms with Crippen LogP contribution >= 0.6 is 0 Å². The Morgan fingerprint density at radius 2 is 2.00 bits per heavy atom. The molecular weight excluding hydrogens is 254 g/mol. The van der Waals surface area contributed by atoms with E-state index < -0.39 is 11.5 Å². The molecule has 4 heteroatoms. The van der Waals surface area contributed by atoms with Gasteiger partial charge in [-0.05, 0) is 36.6 Å². The summed E-state index contributed by atoms with van der Waals surface area (Å²) in [5, 5.41) is 2.99. The van der Waals surface area contributed by atoms with Gasteiger partial charge in [0.15, 0.2) is 0 Å².